The molecule has 1 aliphatic rings. The lowest BCUT2D eigenvalue weighted by Gasteiger charge is -2.43. The fraction of sp³-hybridized carbons (Fsp3) is 0.500. The van der Waals surface area contributed by atoms with Crippen LogP contribution in [0, 0.1) is 0 Å². The molecule has 1 unspecified atom stereocenters. The van der Waals surface area contributed by atoms with Crippen molar-refractivity contribution in [2.24, 2.45) is 0 Å². The predicted octanol–water partition coefficient (Wildman–Crippen LogP) is 2.50. The lowest BCUT2D eigenvalue weighted by Crippen LogP contribution is -2.52. The van der Waals surface area contributed by atoms with Crippen LogP contribution in [0.4, 0.5) is 5.69 Å². The van der Waals surface area contributed by atoms with E-state index in [9.17, 15) is 4.79 Å². The van der Waals surface area contributed by atoms with Crippen LogP contribution in [0.3, 0.4) is 0 Å². The summed E-state index contributed by atoms with van der Waals surface area (Å²) in [6.07, 6.45) is 1.10. The molecular weight excluding hydrogens is 214 g/mol. The Kier molecular flexibility index (Phi) is 3.20. The van der Waals surface area contributed by atoms with Gasteiger partial charge in [0, 0.05) is 24.3 Å². The number of nitrogens with zero attached hydrogens (tertiary/aromatic N) is 1. The van der Waals surface area contributed by atoms with Gasteiger partial charge in [0.05, 0.1) is 11.7 Å². The Morgan fingerprint density at radius 3 is 2.53 bits per heavy atom. The molecule has 0 bridgehead atoms. The minimum Gasteiger partial charge on any atom is -0.369 e. The Morgan fingerprint density at radius 1 is 1.35 bits per heavy atom. The zero-order chi connectivity index (χ0) is 12.5. The molecule has 92 valence electrons. The van der Waals surface area contributed by atoms with E-state index in [2.05, 4.69) is 25.7 Å². The van der Waals surface area contributed by atoms with Gasteiger partial charge < -0.3 is 9.64 Å². The van der Waals surface area contributed by atoms with Gasteiger partial charge in [-0.05, 0) is 45.0 Å². The van der Waals surface area contributed by atoms with Crippen molar-refractivity contribution in [1.29, 1.82) is 0 Å². The molecule has 0 aliphatic carbocycles. The molecule has 1 fully saturated rings. The number of anilines is 1. The van der Waals surface area contributed by atoms with Crippen LogP contribution in [0.1, 0.15) is 31.1 Å². The Bertz CT molecular complexity index is 397. The summed E-state index contributed by atoms with van der Waals surface area (Å²) in [6, 6.07) is 7.71. The van der Waals surface area contributed by atoms with Gasteiger partial charge in [0.1, 0.15) is 6.29 Å². The molecule has 1 aromatic carbocycles. The molecule has 0 spiro atoms. The highest BCUT2D eigenvalue weighted by Gasteiger charge is 2.31. The molecule has 0 saturated carbocycles. The molecule has 17 heavy (non-hydrogen) atoms. The van der Waals surface area contributed by atoms with Crippen LogP contribution < -0.4 is 4.90 Å². The Hall–Kier alpha value is -1.35. The molecule has 2 rings (SSSR count). The zero-order valence-corrected chi connectivity index (χ0v) is 10.6. The van der Waals surface area contributed by atoms with Crippen LogP contribution in [0.5, 0.6) is 0 Å². The van der Waals surface area contributed by atoms with E-state index in [1.165, 1.54) is 0 Å². The number of hydrogen-bond donors (Lipinski definition) is 0. The molecule has 1 atom stereocenters. The fourth-order valence-electron chi connectivity index (χ4n) is 2.41. The van der Waals surface area contributed by atoms with Gasteiger partial charge in [0.25, 0.3) is 0 Å². The van der Waals surface area contributed by atoms with Gasteiger partial charge in [-0.25, -0.2) is 0 Å². The topological polar surface area (TPSA) is 29.5 Å². The smallest absolute Gasteiger partial charge is 0.150 e. The molecule has 0 amide bonds. The number of hydrogen-bond acceptors (Lipinski definition) is 3. The first-order valence-corrected chi connectivity index (χ1v) is 5.98. The molecule has 1 aliphatic heterocycles. The molecule has 1 heterocycles. The highest BCUT2D eigenvalue weighted by Crippen LogP contribution is 2.25. The first kappa shape index (κ1) is 12.1. The van der Waals surface area contributed by atoms with E-state index in [1.807, 2.05) is 24.3 Å². The van der Waals surface area contributed by atoms with Crippen molar-refractivity contribution >= 4 is 12.0 Å². The summed E-state index contributed by atoms with van der Waals surface area (Å²) in [5.41, 5.74) is 1.74. The number of rotatable bonds is 2. The van der Waals surface area contributed by atoms with Crippen molar-refractivity contribution in [3.8, 4) is 0 Å². The maximum atomic E-state index is 10.6. The highest BCUT2D eigenvalue weighted by atomic mass is 16.5. The minimum atomic E-state index is -0.124. The molecular formula is C14H19NO2. The normalized spacial score (nSPS) is 23.5. The van der Waals surface area contributed by atoms with Gasteiger partial charge in [-0.15, -0.1) is 0 Å². The quantitative estimate of drug-likeness (QED) is 0.735. The van der Waals surface area contributed by atoms with Crippen molar-refractivity contribution in [3.05, 3.63) is 29.8 Å². The lowest BCUT2D eigenvalue weighted by molar-refractivity contribution is -0.0749. The van der Waals surface area contributed by atoms with E-state index in [-0.39, 0.29) is 11.7 Å². The molecule has 3 nitrogen and oxygen atoms in total. The second kappa shape index (κ2) is 4.49. The summed E-state index contributed by atoms with van der Waals surface area (Å²) < 4.78 is 5.87. The van der Waals surface area contributed by atoms with Crippen LogP contribution in [0.2, 0.25) is 0 Å². The third-order valence-electron chi connectivity index (χ3n) is 2.96. The van der Waals surface area contributed by atoms with Crippen molar-refractivity contribution in [1.82, 2.24) is 0 Å². The third kappa shape index (κ3) is 2.86. The van der Waals surface area contributed by atoms with E-state index in [0.717, 1.165) is 25.1 Å². The summed E-state index contributed by atoms with van der Waals surface area (Å²) in [6.45, 7) is 8.07. The number of ether oxygens (including phenoxy) is 1. The summed E-state index contributed by atoms with van der Waals surface area (Å²) in [5, 5.41) is 0. The summed E-state index contributed by atoms with van der Waals surface area (Å²) >= 11 is 0. The number of aldehydes is 1. The molecule has 0 radical (unpaired) electrons. The van der Waals surface area contributed by atoms with Gasteiger partial charge in [0.2, 0.25) is 0 Å². The molecule has 0 N–H and O–H groups in total. The van der Waals surface area contributed by atoms with Gasteiger partial charge in [-0.1, -0.05) is 0 Å². The lowest BCUT2D eigenvalue weighted by atomic mass is 10.0. The SMILES string of the molecule is CC1CN(c2ccc(C=O)cc2)CC(C)(C)O1. The Morgan fingerprint density at radius 2 is 2.00 bits per heavy atom. The molecule has 1 saturated heterocycles. The van der Waals surface area contributed by atoms with Crippen LogP contribution in [-0.4, -0.2) is 31.1 Å². The number of morpholine rings is 1. The summed E-state index contributed by atoms with van der Waals surface area (Å²) in [7, 11) is 0. The average Bonchev–Trinajstić information content (AvgIpc) is 2.26. The molecule has 1 aromatic rings. The van der Waals surface area contributed by atoms with Crippen molar-refractivity contribution in [3.63, 3.8) is 0 Å². The van der Waals surface area contributed by atoms with Crippen LogP contribution in [0.25, 0.3) is 0 Å². The van der Waals surface area contributed by atoms with E-state index in [4.69, 9.17) is 4.74 Å². The Labute approximate surface area is 102 Å². The summed E-state index contributed by atoms with van der Waals surface area (Å²) in [4.78, 5) is 12.9. The molecule has 3 heteroatoms. The monoisotopic (exact) mass is 233 g/mol. The number of carbonyl (C=O) groups excluding carboxylic acids is 1. The maximum absolute atomic E-state index is 10.6. The summed E-state index contributed by atoms with van der Waals surface area (Å²) in [5.74, 6) is 0. The second-order valence-electron chi connectivity index (χ2n) is 5.28. The third-order valence-corrected chi connectivity index (χ3v) is 2.96. The van der Waals surface area contributed by atoms with Gasteiger partial charge in [-0.3, -0.25) is 4.79 Å². The zero-order valence-electron chi connectivity index (χ0n) is 10.6. The van der Waals surface area contributed by atoms with E-state index in [1.54, 1.807) is 0 Å². The number of benzene rings is 1. The van der Waals surface area contributed by atoms with Crippen molar-refractivity contribution in [2.75, 3.05) is 18.0 Å². The highest BCUT2D eigenvalue weighted by molar-refractivity contribution is 5.75. The standard InChI is InChI=1S/C14H19NO2/c1-11-8-15(10-14(2,3)17-11)13-6-4-12(9-16)5-7-13/h4-7,9,11H,8,10H2,1-3H3. The van der Waals surface area contributed by atoms with E-state index < -0.39 is 0 Å². The van der Waals surface area contributed by atoms with Crippen LogP contribution in [-0.2, 0) is 4.74 Å². The first-order chi connectivity index (χ1) is 8.00. The molecule has 0 aromatic heterocycles. The van der Waals surface area contributed by atoms with Crippen molar-refractivity contribution < 1.29 is 9.53 Å². The second-order valence-corrected chi connectivity index (χ2v) is 5.28. The van der Waals surface area contributed by atoms with Crippen molar-refractivity contribution in [2.45, 2.75) is 32.5 Å². The average molecular weight is 233 g/mol. The Balaban J connectivity index is 2.18. The van der Waals surface area contributed by atoms with Crippen LogP contribution >= 0.6 is 0 Å². The fourth-order valence-corrected chi connectivity index (χ4v) is 2.41. The largest absolute Gasteiger partial charge is 0.369 e. The minimum absolute atomic E-state index is 0.124. The van der Waals surface area contributed by atoms with Gasteiger partial charge in [-0.2, -0.15) is 0 Å². The first-order valence-electron chi connectivity index (χ1n) is 5.98. The number of carbonyl (C=O) groups is 1. The van der Waals surface area contributed by atoms with E-state index >= 15 is 0 Å². The maximum Gasteiger partial charge on any atom is 0.150 e. The predicted molar refractivity (Wildman–Crippen MR) is 68.7 cm³/mol. The van der Waals surface area contributed by atoms with Gasteiger partial charge in [0.15, 0.2) is 0 Å². The van der Waals surface area contributed by atoms with Crippen LogP contribution in [0.15, 0.2) is 24.3 Å². The van der Waals surface area contributed by atoms with Gasteiger partial charge >= 0.3 is 0 Å². The van der Waals surface area contributed by atoms with E-state index in [0.29, 0.717) is 5.56 Å².